The van der Waals surface area contributed by atoms with Crippen LogP contribution in [0, 0.1) is 3.14 Å². The fourth-order valence-electron chi connectivity index (χ4n) is 0.476. The zero-order chi connectivity index (χ0) is 6.27. The summed E-state index contributed by atoms with van der Waals surface area (Å²) < 4.78 is 8.97. The molecule has 2 nitrogen and oxygen atoms in total. The van der Waals surface area contributed by atoms with Gasteiger partial charge in [-0.1, -0.05) is 34.9 Å². The molecule has 9 heavy (non-hydrogen) atoms. The molecule has 0 amide bonds. The van der Waals surface area contributed by atoms with Gasteiger partial charge in [0, 0.05) is 0 Å². The van der Waals surface area contributed by atoms with E-state index in [1.165, 1.54) is 34.4 Å². The minimum atomic E-state index is 0.910. The quantitative estimate of drug-likeness (QED) is 0.600. The Bertz CT molecular complexity index is 336. The van der Waals surface area contributed by atoms with Crippen molar-refractivity contribution in [2.75, 3.05) is 0 Å². The third kappa shape index (κ3) is 0.917. The molecule has 0 radical (unpaired) electrons. The summed E-state index contributed by atoms with van der Waals surface area (Å²) in [6.07, 6.45) is 0. The van der Waals surface area contributed by atoms with E-state index < -0.39 is 0 Å². The highest BCUT2D eigenvalue weighted by molar-refractivity contribution is 7.77. The highest BCUT2D eigenvalue weighted by Gasteiger charge is 1.99. The molecule has 0 fully saturated rings. The van der Waals surface area contributed by atoms with Crippen molar-refractivity contribution in [3.63, 3.8) is 0 Å². The Hall–Kier alpha value is 0.0900. The van der Waals surface area contributed by atoms with Crippen molar-refractivity contribution in [3.8, 4) is 0 Å². The molecule has 0 spiro atoms. The second kappa shape index (κ2) is 2.05. The highest BCUT2D eigenvalue weighted by Crippen LogP contribution is 2.25. The monoisotopic (exact) mass is 192 g/mol. The molecule has 2 heterocycles. The van der Waals surface area contributed by atoms with Crippen molar-refractivity contribution >= 4 is 56.3 Å². The molecular formula is C3N2S4. The second-order valence-electron chi connectivity index (χ2n) is 1.33. The summed E-state index contributed by atoms with van der Waals surface area (Å²) in [6.45, 7) is 0. The molecule has 46 valence electrons. The van der Waals surface area contributed by atoms with E-state index in [1.807, 2.05) is 0 Å². The lowest BCUT2D eigenvalue weighted by Gasteiger charge is -1.57. The van der Waals surface area contributed by atoms with Crippen LogP contribution in [0.15, 0.2) is 0 Å². The van der Waals surface area contributed by atoms with Crippen LogP contribution in [0.25, 0.3) is 9.66 Å². The molecule has 0 aliphatic heterocycles. The summed E-state index contributed by atoms with van der Waals surface area (Å²) in [5.74, 6) is 0. The predicted molar refractivity (Wildman–Crippen MR) is 44.0 cm³/mol. The molecule has 2 aromatic rings. The van der Waals surface area contributed by atoms with E-state index in [0.29, 0.717) is 0 Å². The van der Waals surface area contributed by atoms with Crippen LogP contribution in [0.2, 0.25) is 0 Å². The van der Waals surface area contributed by atoms with Gasteiger partial charge in [-0.15, -0.1) is 0 Å². The maximum atomic E-state index is 4.93. The Balaban J connectivity index is 3.08. The van der Waals surface area contributed by atoms with Gasteiger partial charge in [0.15, 0.2) is 9.66 Å². The van der Waals surface area contributed by atoms with Crippen LogP contribution in [-0.2, 0) is 0 Å². The molecule has 0 saturated carbocycles. The largest absolute Gasteiger partial charge is 0.169 e. The minimum Gasteiger partial charge on any atom is -0.161 e. The first-order valence-electron chi connectivity index (χ1n) is 2.08. The van der Waals surface area contributed by atoms with E-state index in [9.17, 15) is 0 Å². The number of rotatable bonds is 0. The summed E-state index contributed by atoms with van der Waals surface area (Å²) in [5, 5.41) is 0. The van der Waals surface area contributed by atoms with Crippen LogP contribution in [0.3, 0.4) is 0 Å². The van der Waals surface area contributed by atoms with Crippen LogP contribution in [0.4, 0.5) is 0 Å². The van der Waals surface area contributed by atoms with Crippen LogP contribution < -0.4 is 0 Å². The van der Waals surface area contributed by atoms with Gasteiger partial charge in [0.2, 0.25) is 0 Å². The number of aromatic nitrogens is 2. The van der Waals surface area contributed by atoms with Gasteiger partial charge < -0.3 is 0 Å². The fourth-order valence-corrected chi connectivity index (χ4v) is 3.40. The molecular weight excluding hydrogens is 192 g/mol. The van der Waals surface area contributed by atoms with E-state index in [-0.39, 0.29) is 0 Å². The van der Waals surface area contributed by atoms with Gasteiger partial charge in [0.05, 0.1) is 11.7 Å². The number of nitrogens with zero attached hydrogens (tertiary/aromatic N) is 2. The van der Waals surface area contributed by atoms with Crippen LogP contribution in [0.5, 0.6) is 0 Å². The summed E-state index contributed by atoms with van der Waals surface area (Å²) >= 11 is 9.23. The Morgan fingerprint density at radius 3 is 2.22 bits per heavy atom. The smallest absolute Gasteiger partial charge is 0.161 e. The molecule has 0 N–H and O–H groups in total. The molecule has 0 saturated heterocycles. The van der Waals surface area contributed by atoms with E-state index in [1.54, 1.807) is 0 Å². The van der Waals surface area contributed by atoms with Gasteiger partial charge in [-0.25, -0.2) is 0 Å². The molecule has 2 aromatic heterocycles. The lowest BCUT2D eigenvalue weighted by Crippen LogP contribution is -1.44. The molecule has 0 unspecified atom stereocenters. The van der Waals surface area contributed by atoms with Crippen molar-refractivity contribution in [2.45, 2.75) is 0 Å². The minimum absolute atomic E-state index is 0.910. The van der Waals surface area contributed by atoms with Crippen molar-refractivity contribution in [3.05, 3.63) is 3.14 Å². The number of hydrogen-bond acceptors (Lipinski definition) is 6. The standard InChI is InChI=1S/C3N2S4/c6-3-7-1-2(8-3)5-9-4-1. The molecule has 0 aliphatic carbocycles. The van der Waals surface area contributed by atoms with Crippen LogP contribution in [0.1, 0.15) is 0 Å². The Morgan fingerprint density at radius 1 is 1.11 bits per heavy atom. The molecule has 2 rings (SSSR count). The molecule has 0 bridgehead atoms. The number of fused-ring (bicyclic) bond motifs is 1. The van der Waals surface area contributed by atoms with Crippen LogP contribution >= 0.6 is 46.6 Å². The van der Waals surface area contributed by atoms with Crippen molar-refractivity contribution in [1.29, 1.82) is 0 Å². The summed E-state index contributed by atoms with van der Waals surface area (Å²) in [5.41, 5.74) is 0. The van der Waals surface area contributed by atoms with E-state index in [0.717, 1.165) is 12.8 Å². The van der Waals surface area contributed by atoms with E-state index in [2.05, 4.69) is 8.75 Å². The third-order valence-corrected chi connectivity index (χ3v) is 3.97. The van der Waals surface area contributed by atoms with Gasteiger partial charge in [-0.05, 0) is 0 Å². The van der Waals surface area contributed by atoms with Gasteiger partial charge >= 0.3 is 0 Å². The maximum absolute atomic E-state index is 4.93. The Morgan fingerprint density at radius 2 is 1.67 bits per heavy atom. The zero-order valence-corrected chi connectivity index (χ0v) is 7.29. The molecule has 0 aromatic carbocycles. The number of hydrogen-bond donors (Lipinski definition) is 0. The van der Waals surface area contributed by atoms with Gasteiger partial charge in [-0.3, -0.25) is 0 Å². The van der Waals surface area contributed by atoms with E-state index in [4.69, 9.17) is 12.2 Å². The lowest BCUT2D eigenvalue weighted by atomic mass is 10.9. The SMILES string of the molecule is S=c1sc2nsnc2s1. The van der Waals surface area contributed by atoms with Gasteiger partial charge in [-0.2, -0.15) is 8.75 Å². The Labute approximate surface area is 68.1 Å². The van der Waals surface area contributed by atoms with Gasteiger partial charge in [0.25, 0.3) is 0 Å². The topological polar surface area (TPSA) is 25.8 Å². The first-order valence-corrected chi connectivity index (χ1v) is 4.85. The fraction of sp³-hybridized carbons (Fsp3) is 0. The highest BCUT2D eigenvalue weighted by atomic mass is 32.2. The molecule has 0 atom stereocenters. The maximum Gasteiger partial charge on any atom is 0.169 e. The third-order valence-electron chi connectivity index (χ3n) is 0.790. The normalized spacial score (nSPS) is 10.7. The predicted octanol–water partition coefficient (Wildman–Crippen LogP) is 2.54. The summed E-state index contributed by atoms with van der Waals surface area (Å²) in [6, 6.07) is 0. The first kappa shape index (κ1) is 5.84. The summed E-state index contributed by atoms with van der Waals surface area (Å²) in [7, 11) is 0. The average Bonchev–Trinajstić information content (AvgIpc) is 2.22. The summed E-state index contributed by atoms with van der Waals surface area (Å²) in [4.78, 5) is 1.96. The Kier molecular flexibility index (Phi) is 1.33. The van der Waals surface area contributed by atoms with Gasteiger partial charge in [0.1, 0.15) is 3.14 Å². The van der Waals surface area contributed by atoms with E-state index >= 15 is 0 Å². The lowest BCUT2D eigenvalue weighted by molar-refractivity contribution is 1.73. The van der Waals surface area contributed by atoms with Crippen LogP contribution in [-0.4, -0.2) is 8.75 Å². The van der Waals surface area contributed by atoms with Crippen molar-refractivity contribution < 1.29 is 0 Å². The van der Waals surface area contributed by atoms with Crippen molar-refractivity contribution in [1.82, 2.24) is 8.75 Å². The molecule has 6 heteroatoms. The second-order valence-corrected chi connectivity index (χ2v) is 5.04. The zero-order valence-electron chi connectivity index (χ0n) is 4.03. The first-order chi connectivity index (χ1) is 4.36. The van der Waals surface area contributed by atoms with Crippen molar-refractivity contribution in [2.24, 2.45) is 0 Å². The average molecular weight is 192 g/mol. The molecule has 0 aliphatic rings.